The van der Waals surface area contributed by atoms with Crippen molar-refractivity contribution >= 4 is 12.4 Å². The monoisotopic (exact) mass is 273 g/mol. The van der Waals surface area contributed by atoms with Crippen molar-refractivity contribution < 1.29 is 9.47 Å². The van der Waals surface area contributed by atoms with E-state index in [0.29, 0.717) is 6.61 Å². The maximum absolute atomic E-state index is 5.58. The molecule has 0 unspecified atom stereocenters. The Balaban J connectivity index is 0.00000289. The maximum Gasteiger partial charge on any atom is 0.119 e. The molecule has 18 heavy (non-hydrogen) atoms. The van der Waals surface area contributed by atoms with Crippen LogP contribution in [0.1, 0.15) is 26.7 Å². The van der Waals surface area contributed by atoms with Gasteiger partial charge in [0.25, 0.3) is 0 Å². The van der Waals surface area contributed by atoms with Crippen molar-refractivity contribution in [2.75, 3.05) is 26.3 Å². The van der Waals surface area contributed by atoms with Gasteiger partial charge in [0, 0.05) is 6.54 Å². The number of hydrogen-bond donors (Lipinski definition) is 1. The van der Waals surface area contributed by atoms with E-state index in [4.69, 9.17) is 9.47 Å². The van der Waals surface area contributed by atoms with Crippen LogP contribution in [0, 0.1) is 0 Å². The van der Waals surface area contributed by atoms with Gasteiger partial charge in [0.1, 0.15) is 18.1 Å². The predicted molar refractivity (Wildman–Crippen MR) is 78.1 cm³/mol. The topological polar surface area (TPSA) is 30.5 Å². The quantitative estimate of drug-likeness (QED) is 0.701. The molecule has 0 saturated heterocycles. The van der Waals surface area contributed by atoms with Crippen molar-refractivity contribution in [1.82, 2.24) is 5.32 Å². The molecule has 0 saturated carbocycles. The molecule has 4 heteroatoms. The molecule has 0 atom stereocenters. The van der Waals surface area contributed by atoms with Gasteiger partial charge in [-0.1, -0.05) is 20.3 Å². The molecule has 0 aromatic heterocycles. The van der Waals surface area contributed by atoms with Crippen LogP contribution in [-0.4, -0.2) is 26.3 Å². The van der Waals surface area contributed by atoms with Gasteiger partial charge in [-0.2, -0.15) is 0 Å². The Morgan fingerprint density at radius 2 is 1.50 bits per heavy atom. The van der Waals surface area contributed by atoms with Gasteiger partial charge in [-0.05, 0) is 37.2 Å². The first-order valence-electron chi connectivity index (χ1n) is 6.43. The van der Waals surface area contributed by atoms with Crippen LogP contribution < -0.4 is 14.8 Å². The molecule has 1 rings (SSSR count). The Bertz CT molecular complexity index is 290. The predicted octanol–water partition coefficient (Wildman–Crippen LogP) is 3.28. The molecular formula is C14H24ClNO2. The molecule has 3 nitrogen and oxygen atoms in total. The summed E-state index contributed by atoms with van der Waals surface area (Å²) in [5.41, 5.74) is 0. The van der Waals surface area contributed by atoms with Gasteiger partial charge >= 0.3 is 0 Å². The Kier molecular flexibility index (Phi) is 10.6. The lowest BCUT2D eigenvalue weighted by Gasteiger charge is -2.08. The van der Waals surface area contributed by atoms with Gasteiger partial charge in [-0.3, -0.25) is 0 Å². The summed E-state index contributed by atoms with van der Waals surface area (Å²) in [6.07, 6.45) is 2.26. The second kappa shape index (κ2) is 11.2. The molecule has 0 aliphatic heterocycles. The van der Waals surface area contributed by atoms with Crippen LogP contribution in [0.5, 0.6) is 11.5 Å². The highest BCUT2D eigenvalue weighted by atomic mass is 35.5. The van der Waals surface area contributed by atoms with E-state index in [1.54, 1.807) is 0 Å². The Labute approximate surface area is 116 Å². The highest BCUT2D eigenvalue weighted by Gasteiger charge is 1.96. The van der Waals surface area contributed by atoms with E-state index in [0.717, 1.165) is 44.0 Å². The van der Waals surface area contributed by atoms with Crippen LogP contribution in [-0.2, 0) is 0 Å². The largest absolute Gasteiger partial charge is 0.494 e. The highest BCUT2D eigenvalue weighted by Crippen LogP contribution is 2.17. The van der Waals surface area contributed by atoms with Crippen LogP contribution >= 0.6 is 12.4 Å². The number of benzene rings is 1. The molecule has 0 aliphatic rings. The summed E-state index contributed by atoms with van der Waals surface area (Å²) in [6.45, 7) is 7.59. The summed E-state index contributed by atoms with van der Waals surface area (Å²) in [5.74, 6) is 1.81. The molecule has 0 spiro atoms. The maximum atomic E-state index is 5.58. The molecule has 0 heterocycles. The molecule has 0 radical (unpaired) electrons. The Morgan fingerprint density at radius 3 is 2.00 bits per heavy atom. The molecule has 0 aliphatic carbocycles. The van der Waals surface area contributed by atoms with Crippen LogP contribution in [0.3, 0.4) is 0 Å². The Hall–Kier alpha value is -0.930. The minimum absolute atomic E-state index is 0. The van der Waals surface area contributed by atoms with Crippen molar-refractivity contribution in [3.05, 3.63) is 24.3 Å². The smallest absolute Gasteiger partial charge is 0.119 e. The zero-order valence-corrected chi connectivity index (χ0v) is 12.1. The zero-order valence-electron chi connectivity index (χ0n) is 11.3. The molecule has 104 valence electrons. The average Bonchev–Trinajstić information content (AvgIpc) is 2.37. The number of hydrogen-bond acceptors (Lipinski definition) is 3. The number of rotatable bonds is 9. The molecule has 1 aromatic carbocycles. The zero-order chi connectivity index (χ0) is 12.3. The minimum atomic E-state index is 0. The Morgan fingerprint density at radius 1 is 0.944 bits per heavy atom. The minimum Gasteiger partial charge on any atom is -0.494 e. The van der Waals surface area contributed by atoms with E-state index in [-0.39, 0.29) is 12.4 Å². The normalized spacial score (nSPS) is 9.67. The second-order valence-electron chi connectivity index (χ2n) is 3.88. The molecule has 1 N–H and O–H groups in total. The standard InChI is InChI=1S/C14H23NO2.ClH/c1-3-5-11-16-13-6-8-14(9-7-13)17-12-10-15-4-2;/h6-9,15H,3-5,10-12H2,1-2H3;1H. The van der Waals surface area contributed by atoms with E-state index in [2.05, 4.69) is 19.2 Å². The van der Waals surface area contributed by atoms with Crippen molar-refractivity contribution in [3.8, 4) is 11.5 Å². The van der Waals surface area contributed by atoms with Crippen LogP contribution in [0.4, 0.5) is 0 Å². The summed E-state index contributed by atoms with van der Waals surface area (Å²) in [5, 5.41) is 3.21. The number of halogens is 1. The number of likely N-dealkylation sites (N-methyl/N-ethyl adjacent to an activating group) is 1. The molecular weight excluding hydrogens is 250 g/mol. The van der Waals surface area contributed by atoms with Gasteiger partial charge in [0.2, 0.25) is 0 Å². The molecule has 1 aromatic rings. The van der Waals surface area contributed by atoms with E-state index in [9.17, 15) is 0 Å². The summed E-state index contributed by atoms with van der Waals surface area (Å²) >= 11 is 0. The van der Waals surface area contributed by atoms with Gasteiger partial charge in [-0.25, -0.2) is 0 Å². The summed E-state index contributed by atoms with van der Waals surface area (Å²) in [7, 11) is 0. The van der Waals surface area contributed by atoms with Crippen LogP contribution in [0.2, 0.25) is 0 Å². The van der Waals surface area contributed by atoms with Gasteiger partial charge < -0.3 is 14.8 Å². The van der Waals surface area contributed by atoms with Gasteiger partial charge in [0.15, 0.2) is 0 Å². The first kappa shape index (κ1) is 17.1. The van der Waals surface area contributed by atoms with E-state index in [1.165, 1.54) is 0 Å². The fourth-order valence-corrected chi connectivity index (χ4v) is 1.38. The van der Waals surface area contributed by atoms with E-state index < -0.39 is 0 Å². The second-order valence-corrected chi connectivity index (χ2v) is 3.88. The fourth-order valence-electron chi connectivity index (χ4n) is 1.38. The number of unbranched alkanes of at least 4 members (excludes halogenated alkanes) is 1. The van der Waals surface area contributed by atoms with E-state index in [1.807, 2.05) is 24.3 Å². The number of nitrogens with one attached hydrogen (secondary N) is 1. The van der Waals surface area contributed by atoms with Crippen LogP contribution in [0.25, 0.3) is 0 Å². The number of ether oxygens (including phenoxy) is 2. The third kappa shape index (κ3) is 7.41. The fraction of sp³-hybridized carbons (Fsp3) is 0.571. The van der Waals surface area contributed by atoms with Gasteiger partial charge in [-0.15, -0.1) is 12.4 Å². The average molecular weight is 274 g/mol. The van der Waals surface area contributed by atoms with Crippen molar-refractivity contribution in [3.63, 3.8) is 0 Å². The van der Waals surface area contributed by atoms with Crippen LogP contribution in [0.15, 0.2) is 24.3 Å². The third-order valence-corrected chi connectivity index (χ3v) is 2.39. The first-order chi connectivity index (χ1) is 8.36. The summed E-state index contributed by atoms with van der Waals surface area (Å²) in [4.78, 5) is 0. The first-order valence-corrected chi connectivity index (χ1v) is 6.43. The lowest BCUT2D eigenvalue weighted by molar-refractivity contribution is 0.303. The van der Waals surface area contributed by atoms with E-state index >= 15 is 0 Å². The molecule has 0 bridgehead atoms. The lowest BCUT2D eigenvalue weighted by atomic mass is 10.3. The van der Waals surface area contributed by atoms with Crippen molar-refractivity contribution in [2.45, 2.75) is 26.7 Å². The van der Waals surface area contributed by atoms with Gasteiger partial charge in [0.05, 0.1) is 6.61 Å². The summed E-state index contributed by atoms with van der Waals surface area (Å²) < 4.78 is 11.1. The molecule has 0 amide bonds. The molecule has 0 fully saturated rings. The summed E-state index contributed by atoms with van der Waals surface area (Å²) in [6, 6.07) is 7.82. The van der Waals surface area contributed by atoms with Crippen molar-refractivity contribution in [2.24, 2.45) is 0 Å². The highest BCUT2D eigenvalue weighted by molar-refractivity contribution is 5.85. The van der Waals surface area contributed by atoms with Crippen molar-refractivity contribution in [1.29, 1.82) is 0 Å². The lowest BCUT2D eigenvalue weighted by Crippen LogP contribution is -2.20. The SMILES string of the molecule is CCCCOc1ccc(OCCNCC)cc1.Cl. The third-order valence-electron chi connectivity index (χ3n) is 2.39.